The number of nitrogens with zero attached hydrogens (tertiary/aromatic N) is 5. The molecule has 432 valence electrons. The third-order valence-electron chi connectivity index (χ3n) is 12.2. The monoisotopic (exact) mass is 1130 g/mol. The molecule has 4 rings (SSSR count). The minimum absolute atomic E-state index is 0.0718. The third kappa shape index (κ3) is 23.3. The van der Waals surface area contributed by atoms with Crippen molar-refractivity contribution in [2.24, 2.45) is 10.8 Å². The van der Waals surface area contributed by atoms with Crippen molar-refractivity contribution in [3.05, 3.63) is 130 Å². The van der Waals surface area contributed by atoms with Crippen LogP contribution >= 0.6 is 0 Å². The van der Waals surface area contributed by atoms with Crippen molar-refractivity contribution < 1.29 is 51.0 Å². The van der Waals surface area contributed by atoms with Gasteiger partial charge >= 0.3 is 12.2 Å². The summed E-state index contributed by atoms with van der Waals surface area (Å²) >= 11 is 0. The number of hydrogen-bond donors (Lipinski definition) is 5. The molecule has 0 heterocycles. The highest BCUT2D eigenvalue weighted by molar-refractivity contribution is 7.89. The number of anilines is 1. The van der Waals surface area contributed by atoms with Gasteiger partial charge in [-0.05, 0) is 113 Å². The number of nitro benzene ring substituents is 1. The van der Waals surface area contributed by atoms with Gasteiger partial charge in [0.25, 0.3) is 5.69 Å². The normalized spacial score (nSPS) is 13.8. The van der Waals surface area contributed by atoms with Gasteiger partial charge in [0.05, 0.1) is 51.1 Å². The van der Waals surface area contributed by atoms with Gasteiger partial charge in [-0.3, -0.25) is 10.1 Å². The zero-order valence-corrected chi connectivity index (χ0v) is 48.9. The predicted molar refractivity (Wildman–Crippen MR) is 302 cm³/mol. The molecule has 0 spiro atoms. The number of alkyl carbamates (subject to hydrolysis) is 2. The second kappa shape index (κ2) is 29.5. The Balaban J connectivity index is 0.000000415. The van der Waals surface area contributed by atoms with E-state index in [1.54, 1.807) is 74.6 Å². The number of nitrogens with one attached hydrogen (secondary N) is 3. The molecular weight excluding hydrogens is 1050 g/mol. The average Bonchev–Trinajstić information content (AvgIpc) is 3.36. The number of nitro groups is 1. The number of hydrogen-bond acceptors (Lipinski definition) is 15. The van der Waals surface area contributed by atoms with Crippen LogP contribution in [0.3, 0.4) is 0 Å². The van der Waals surface area contributed by atoms with E-state index in [2.05, 4.69) is 28.1 Å². The molecular formula is C57H80N8O12S2. The van der Waals surface area contributed by atoms with Crippen molar-refractivity contribution >= 4 is 43.6 Å². The molecule has 0 saturated heterocycles. The van der Waals surface area contributed by atoms with Crippen LogP contribution in [0.1, 0.15) is 106 Å². The Morgan fingerprint density at radius 3 is 1.35 bits per heavy atom. The molecule has 4 aromatic carbocycles. The van der Waals surface area contributed by atoms with Crippen LogP contribution in [0.25, 0.3) is 0 Å². The SMILES string of the molecule is CC(C)(CCC#N)CN(C[C@@H](O)[C@H](Cc1ccccc1)NC(=O)OC(C)(C)C)S(=O)(=O)c1cccc([N+](=O)[O-])c1.CNc1cccc(S(=O)(=O)N(C[C@@H](O)[C@H](Cc2ccccc2)NC(=O)OC(C)(C)C)CC(C)(C)CCC#N)c1. The summed E-state index contributed by atoms with van der Waals surface area (Å²) in [6.07, 6.45) is -2.34. The van der Waals surface area contributed by atoms with E-state index in [4.69, 9.17) is 20.0 Å². The number of sulfonamides is 2. The number of benzene rings is 4. The first-order chi connectivity index (χ1) is 36.7. The van der Waals surface area contributed by atoms with E-state index in [9.17, 15) is 46.8 Å². The molecule has 5 N–H and O–H groups in total. The topological polar surface area (TPSA) is 295 Å². The maximum atomic E-state index is 13.9. The van der Waals surface area contributed by atoms with Crippen LogP contribution in [0.15, 0.2) is 119 Å². The number of rotatable bonds is 26. The summed E-state index contributed by atoms with van der Waals surface area (Å²) in [6.45, 7) is 17.0. The molecule has 0 aliphatic carbocycles. The smallest absolute Gasteiger partial charge is 0.407 e. The molecule has 0 aliphatic heterocycles. The highest BCUT2D eigenvalue weighted by atomic mass is 32.2. The van der Waals surface area contributed by atoms with E-state index >= 15 is 0 Å². The van der Waals surface area contributed by atoms with Gasteiger partial charge in [0.1, 0.15) is 11.2 Å². The van der Waals surface area contributed by atoms with Crippen LogP contribution in [0, 0.1) is 43.6 Å². The standard InChI is InChI=1S/C29H42N4O5S.C28H38N4O7S/c1-28(2,3)38-27(35)32-25(18-22-12-8-7-9-13-22)26(34)20-33(21-29(4,5)16-11-17-30)39(36,37)24-15-10-14-23(19-24)31-6;1-27(2,3)39-26(34)30-24(17-21-11-7-6-8-12-21)25(33)19-31(20-28(4,5)15-10-16-29)40(37,38)23-14-9-13-22(18-23)32(35)36/h7-10,12-15,19,25-26,31,34H,11,16,18,20-21H2,1-6H3,(H,32,35);6-9,11-14,18,24-25,33H,10,15,17,19-20H2,1-5H3,(H,30,34)/t25-,26+;24-,25+/m00/s1. The third-order valence-corrected chi connectivity index (χ3v) is 15.8. The van der Waals surface area contributed by atoms with Crippen LogP contribution in [-0.4, -0.2) is 121 Å². The summed E-state index contributed by atoms with van der Waals surface area (Å²) in [7, 11) is -6.67. The number of aliphatic hydroxyl groups excluding tert-OH is 2. The van der Waals surface area contributed by atoms with E-state index in [0.29, 0.717) is 18.5 Å². The van der Waals surface area contributed by atoms with Crippen LogP contribution in [0.4, 0.5) is 21.0 Å². The Labute approximate surface area is 467 Å². The number of carbonyl (C=O) groups is 2. The molecule has 0 aromatic heterocycles. The van der Waals surface area contributed by atoms with Crippen LogP contribution < -0.4 is 16.0 Å². The van der Waals surface area contributed by atoms with Crippen molar-refractivity contribution in [2.45, 2.75) is 153 Å². The minimum atomic E-state index is -4.33. The molecule has 0 saturated carbocycles. The largest absolute Gasteiger partial charge is 0.444 e. The molecule has 2 amide bonds. The lowest BCUT2D eigenvalue weighted by atomic mass is 9.88. The summed E-state index contributed by atoms with van der Waals surface area (Å²) in [5, 5.41) is 60.7. The quantitative estimate of drug-likeness (QED) is 0.0290. The van der Waals surface area contributed by atoms with Crippen molar-refractivity contribution in [3.8, 4) is 12.1 Å². The van der Waals surface area contributed by atoms with E-state index < -0.39 is 90.0 Å². The van der Waals surface area contributed by atoms with Gasteiger partial charge in [-0.1, -0.05) is 100 Å². The van der Waals surface area contributed by atoms with Crippen LogP contribution in [-0.2, 0) is 42.4 Å². The molecule has 0 fully saturated rings. The molecule has 4 atom stereocenters. The average molecular weight is 1130 g/mol. The number of nitriles is 2. The molecule has 4 aromatic rings. The summed E-state index contributed by atoms with van der Waals surface area (Å²) in [5.74, 6) is 0. The lowest BCUT2D eigenvalue weighted by Crippen LogP contribution is -2.52. The second-order valence-corrected chi connectivity index (χ2v) is 26.7. The fourth-order valence-electron chi connectivity index (χ4n) is 8.16. The molecule has 20 nitrogen and oxygen atoms in total. The Kier molecular flexibility index (Phi) is 24.9. The highest BCUT2D eigenvalue weighted by Gasteiger charge is 2.38. The van der Waals surface area contributed by atoms with Gasteiger partial charge in [-0.25, -0.2) is 26.4 Å². The van der Waals surface area contributed by atoms with Crippen molar-refractivity contribution in [1.82, 2.24) is 19.2 Å². The fraction of sp³-hybridized carbons (Fsp3) is 0.509. The highest BCUT2D eigenvalue weighted by Crippen LogP contribution is 2.31. The summed E-state index contributed by atoms with van der Waals surface area (Å²) < 4.78 is 68.5. The maximum Gasteiger partial charge on any atom is 0.407 e. The Hall–Kier alpha value is -6.66. The second-order valence-electron chi connectivity index (χ2n) is 22.8. The fourth-order valence-corrected chi connectivity index (χ4v) is 11.5. The molecule has 0 radical (unpaired) electrons. The number of amides is 2. The van der Waals surface area contributed by atoms with Crippen LogP contribution in [0.2, 0.25) is 0 Å². The minimum Gasteiger partial charge on any atom is -0.444 e. The van der Waals surface area contributed by atoms with Crippen molar-refractivity contribution in [1.29, 1.82) is 10.5 Å². The van der Waals surface area contributed by atoms with Gasteiger partial charge in [0.15, 0.2) is 0 Å². The van der Waals surface area contributed by atoms with Gasteiger partial charge in [0.2, 0.25) is 20.0 Å². The Bertz CT molecular complexity index is 2920. The number of carbonyl (C=O) groups excluding carboxylic acids is 2. The van der Waals surface area contributed by atoms with E-state index in [-0.39, 0.29) is 60.8 Å². The predicted octanol–water partition coefficient (Wildman–Crippen LogP) is 8.96. The maximum absolute atomic E-state index is 13.9. The summed E-state index contributed by atoms with van der Waals surface area (Å²) in [4.78, 5) is 35.7. The number of ether oxygens (including phenoxy) is 2. The number of non-ortho nitro benzene ring substituents is 1. The first kappa shape index (κ1) is 66.6. The molecule has 0 unspecified atom stereocenters. The molecule has 79 heavy (non-hydrogen) atoms. The summed E-state index contributed by atoms with van der Waals surface area (Å²) in [5.41, 5.74) is -0.854. The zero-order chi connectivity index (χ0) is 59.4. The van der Waals surface area contributed by atoms with Gasteiger partial charge < -0.3 is 35.6 Å². The Morgan fingerprint density at radius 1 is 0.620 bits per heavy atom. The van der Waals surface area contributed by atoms with E-state index in [1.807, 2.05) is 74.5 Å². The molecule has 0 aliphatic rings. The van der Waals surface area contributed by atoms with Crippen molar-refractivity contribution in [2.75, 3.05) is 38.5 Å². The van der Waals surface area contributed by atoms with E-state index in [1.165, 1.54) is 34.6 Å². The van der Waals surface area contributed by atoms with Crippen molar-refractivity contribution in [3.63, 3.8) is 0 Å². The lowest BCUT2D eigenvalue weighted by molar-refractivity contribution is -0.385. The zero-order valence-electron chi connectivity index (χ0n) is 47.3. The Morgan fingerprint density at radius 2 is 1.00 bits per heavy atom. The molecule has 0 bridgehead atoms. The van der Waals surface area contributed by atoms with Gasteiger partial charge in [-0.2, -0.15) is 19.1 Å². The lowest BCUT2D eigenvalue weighted by Gasteiger charge is -2.35. The number of aliphatic hydroxyl groups is 2. The van der Waals surface area contributed by atoms with E-state index in [0.717, 1.165) is 21.5 Å². The first-order valence-corrected chi connectivity index (χ1v) is 28.8. The first-order valence-electron chi connectivity index (χ1n) is 25.9. The summed E-state index contributed by atoms with van der Waals surface area (Å²) in [6, 6.07) is 32.0. The molecule has 22 heteroatoms. The van der Waals surface area contributed by atoms with Crippen LogP contribution in [0.5, 0.6) is 0 Å². The van der Waals surface area contributed by atoms with Gasteiger partial charge in [-0.15, -0.1) is 0 Å². The van der Waals surface area contributed by atoms with Gasteiger partial charge in [0, 0.05) is 63.9 Å².